The monoisotopic (exact) mass is 300 g/mol. The standard InChI is InChI=1S/C18H24N2S/c1-2-6-16(7-3-1)19-17-8-4-12-20(13-10-17)14-11-18-9-5-15-21-18/h1-3,5-7,9,15,17,19H,4,8,10-14H2. The number of rotatable bonds is 5. The van der Waals surface area contributed by atoms with Gasteiger partial charge in [0.2, 0.25) is 0 Å². The number of nitrogens with zero attached hydrogens (tertiary/aromatic N) is 1. The van der Waals surface area contributed by atoms with Crippen LogP contribution in [0.25, 0.3) is 0 Å². The SMILES string of the molecule is c1ccc(NC2CCCN(CCc3cccs3)CC2)cc1. The van der Waals surface area contributed by atoms with Gasteiger partial charge in [-0.15, -0.1) is 11.3 Å². The third kappa shape index (κ3) is 4.58. The van der Waals surface area contributed by atoms with Crippen molar-refractivity contribution < 1.29 is 0 Å². The maximum absolute atomic E-state index is 3.69. The van der Waals surface area contributed by atoms with Gasteiger partial charge in [-0.05, 0) is 55.8 Å². The van der Waals surface area contributed by atoms with Gasteiger partial charge in [0, 0.05) is 29.7 Å². The third-order valence-electron chi connectivity index (χ3n) is 4.22. The maximum atomic E-state index is 3.69. The first kappa shape index (κ1) is 14.6. The summed E-state index contributed by atoms with van der Waals surface area (Å²) >= 11 is 1.88. The van der Waals surface area contributed by atoms with E-state index in [9.17, 15) is 0 Å². The van der Waals surface area contributed by atoms with E-state index in [-0.39, 0.29) is 0 Å². The van der Waals surface area contributed by atoms with E-state index in [0.717, 1.165) is 0 Å². The van der Waals surface area contributed by atoms with Crippen molar-refractivity contribution in [2.75, 3.05) is 25.0 Å². The Kier molecular flexibility index (Phi) is 5.30. The number of hydrogen-bond acceptors (Lipinski definition) is 3. The zero-order chi connectivity index (χ0) is 14.3. The van der Waals surface area contributed by atoms with Crippen molar-refractivity contribution in [1.29, 1.82) is 0 Å². The van der Waals surface area contributed by atoms with Gasteiger partial charge < -0.3 is 10.2 Å². The highest BCUT2D eigenvalue weighted by Crippen LogP contribution is 2.17. The lowest BCUT2D eigenvalue weighted by Crippen LogP contribution is -2.28. The van der Waals surface area contributed by atoms with Gasteiger partial charge in [-0.25, -0.2) is 0 Å². The number of nitrogens with one attached hydrogen (secondary N) is 1. The van der Waals surface area contributed by atoms with Gasteiger partial charge in [0.15, 0.2) is 0 Å². The molecule has 0 amide bonds. The molecule has 0 aliphatic carbocycles. The van der Waals surface area contributed by atoms with E-state index >= 15 is 0 Å². The van der Waals surface area contributed by atoms with Crippen LogP contribution in [0, 0.1) is 0 Å². The Morgan fingerprint density at radius 1 is 1.05 bits per heavy atom. The predicted octanol–water partition coefficient (Wildman–Crippen LogP) is 4.26. The first-order valence-corrected chi connectivity index (χ1v) is 8.84. The van der Waals surface area contributed by atoms with Crippen LogP contribution in [-0.4, -0.2) is 30.6 Å². The first-order chi connectivity index (χ1) is 10.4. The largest absolute Gasteiger partial charge is 0.382 e. The zero-order valence-corrected chi connectivity index (χ0v) is 13.3. The molecule has 1 unspecified atom stereocenters. The summed E-state index contributed by atoms with van der Waals surface area (Å²) in [6.07, 6.45) is 5.03. The summed E-state index contributed by atoms with van der Waals surface area (Å²) in [5.41, 5.74) is 1.26. The molecule has 1 fully saturated rings. The molecule has 2 heterocycles. The van der Waals surface area contributed by atoms with Crippen molar-refractivity contribution >= 4 is 17.0 Å². The predicted molar refractivity (Wildman–Crippen MR) is 92.2 cm³/mol. The fourth-order valence-corrected chi connectivity index (χ4v) is 3.72. The molecular formula is C18H24N2S. The summed E-state index contributed by atoms with van der Waals surface area (Å²) < 4.78 is 0. The van der Waals surface area contributed by atoms with Crippen LogP contribution in [0.2, 0.25) is 0 Å². The molecule has 0 bridgehead atoms. The van der Waals surface area contributed by atoms with E-state index in [2.05, 4.69) is 58.1 Å². The average molecular weight is 300 g/mol. The number of benzene rings is 1. The van der Waals surface area contributed by atoms with Crippen molar-refractivity contribution in [2.45, 2.75) is 31.7 Å². The first-order valence-electron chi connectivity index (χ1n) is 7.96. The molecule has 1 aromatic carbocycles. The molecule has 3 heteroatoms. The van der Waals surface area contributed by atoms with Crippen molar-refractivity contribution in [3.05, 3.63) is 52.7 Å². The summed E-state index contributed by atoms with van der Waals surface area (Å²) in [5, 5.41) is 5.86. The van der Waals surface area contributed by atoms with Crippen LogP contribution in [-0.2, 0) is 6.42 Å². The highest BCUT2D eigenvalue weighted by atomic mass is 32.1. The zero-order valence-electron chi connectivity index (χ0n) is 12.5. The summed E-state index contributed by atoms with van der Waals surface area (Å²) in [6.45, 7) is 3.67. The van der Waals surface area contributed by atoms with E-state index < -0.39 is 0 Å². The van der Waals surface area contributed by atoms with E-state index in [1.165, 1.54) is 55.9 Å². The number of hydrogen-bond donors (Lipinski definition) is 1. The van der Waals surface area contributed by atoms with Gasteiger partial charge in [0.1, 0.15) is 0 Å². The minimum Gasteiger partial charge on any atom is -0.382 e. The van der Waals surface area contributed by atoms with Crippen LogP contribution in [0.1, 0.15) is 24.1 Å². The van der Waals surface area contributed by atoms with Crippen LogP contribution in [0.4, 0.5) is 5.69 Å². The smallest absolute Gasteiger partial charge is 0.0342 e. The molecule has 1 atom stereocenters. The molecule has 1 aliphatic rings. The quantitative estimate of drug-likeness (QED) is 0.887. The molecule has 1 aliphatic heterocycles. The van der Waals surface area contributed by atoms with Crippen molar-refractivity contribution in [2.24, 2.45) is 0 Å². The molecule has 3 rings (SSSR count). The minimum absolute atomic E-state index is 0.624. The molecule has 0 radical (unpaired) electrons. The molecule has 0 saturated carbocycles. The van der Waals surface area contributed by atoms with Gasteiger partial charge in [0.05, 0.1) is 0 Å². The minimum atomic E-state index is 0.624. The Labute approximate surface area is 131 Å². The fourth-order valence-electron chi connectivity index (χ4n) is 3.02. The molecule has 112 valence electrons. The Balaban J connectivity index is 1.45. The normalized spacial score (nSPS) is 20.1. The summed E-state index contributed by atoms with van der Waals surface area (Å²) in [5.74, 6) is 0. The Hall–Kier alpha value is -1.32. The molecule has 0 spiro atoms. The Bertz CT molecular complexity index is 509. The van der Waals surface area contributed by atoms with Gasteiger partial charge in [-0.2, -0.15) is 0 Å². The van der Waals surface area contributed by atoms with Crippen LogP contribution in [0.3, 0.4) is 0 Å². The van der Waals surface area contributed by atoms with Gasteiger partial charge in [0.25, 0.3) is 0 Å². The molecule has 1 aromatic heterocycles. The molecule has 21 heavy (non-hydrogen) atoms. The highest BCUT2D eigenvalue weighted by Gasteiger charge is 2.16. The molecule has 2 aromatic rings. The molecule has 1 N–H and O–H groups in total. The summed E-state index contributed by atoms with van der Waals surface area (Å²) in [6, 6.07) is 15.6. The van der Waals surface area contributed by atoms with Crippen molar-refractivity contribution in [3.63, 3.8) is 0 Å². The lowest BCUT2D eigenvalue weighted by Gasteiger charge is -2.20. The van der Waals surface area contributed by atoms with Crippen LogP contribution in [0.5, 0.6) is 0 Å². The number of thiophene rings is 1. The number of likely N-dealkylation sites (tertiary alicyclic amines) is 1. The third-order valence-corrected chi connectivity index (χ3v) is 5.16. The van der Waals surface area contributed by atoms with Gasteiger partial charge in [-0.3, -0.25) is 0 Å². The fraction of sp³-hybridized carbons (Fsp3) is 0.444. The lowest BCUT2D eigenvalue weighted by atomic mass is 10.1. The van der Waals surface area contributed by atoms with Crippen LogP contribution in [0.15, 0.2) is 47.8 Å². The van der Waals surface area contributed by atoms with E-state index in [4.69, 9.17) is 0 Å². The lowest BCUT2D eigenvalue weighted by molar-refractivity contribution is 0.288. The Morgan fingerprint density at radius 3 is 2.76 bits per heavy atom. The van der Waals surface area contributed by atoms with Crippen molar-refractivity contribution in [1.82, 2.24) is 4.90 Å². The van der Waals surface area contributed by atoms with Gasteiger partial charge in [-0.1, -0.05) is 24.3 Å². The maximum Gasteiger partial charge on any atom is 0.0342 e. The average Bonchev–Trinajstić information content (AvgIpc) is 2.94. The molecule has 1 saturated heterocycles. The second kappa shape index (κ2) is 7.62. The van der Waals surface area contributed by atoms with Crippen LogP contribution >= 0.6 is 11.3 Å². The number of anilines is 1. The van der Waals surface area contributed by atoms with Crippen LogP contribution < -0.4 is 5.32 Å². The summed E-state index contributed by atoms with van der Waals surface area (Å²) in [7, 11) is 0. The van der Waals surface area contributed by atoms with E-state index in [1.807, 2.05) is 11.3 Å². The highest BCUT2D eigenvalue weighted by molar-refractivity contribution is 7.09. The van der Waals surface area contributed by atoms with E-state index in [1.54, 1.807) is 0 Å². The second-order valence-electron chi connectivity index (χ2n) is 5.81. The van der Waals surface area contributed by atoms with Gasteiger partial charge >= 0.3 is 0 Å². The summed E-state index contributed by atoms with van der Waals surface area (Å²) in [4.78, 5) is 4.14. The molecule has 2 nitrogen and oxygen atoms in total. The van der Waals surface area contributed by atoms with Crippen molar-refractivity contribution in [3.8, 4) is 0 Å². The number of para-hydroxylation sites is 1. The molecular weight excluding hydrogens is 276 g/mol. The van der Waals surface area contributed by atoms with E-state index in [0.29, 0.717) is 6.04 Å². The topological polar surface area (TPSA) is 15.3 Å². The Morgan fingerprint density at radius 2 is 1.95 bits per heavy atom. The second-order valence-corrected chi connectivity index (χ2v) is 6.84.